The van der Waals surface area contributed by atoms with E-state index in [1.165, 1.54) is 19.3 Å². The average molecular weight is 240 g/mol. The maximum atomic E-state index is 12.3. The van der Waals surface area contributed by atoms with Gasteiger partial charge in [0.15, 0.2) is 0 Å². The van der Waals surface area contributed by atoms with Crippen molar-refractivity contribution in [1.82, 2.24) is 0 Å². The zero-order chi connectivity index (χ0) is 12.9. The number of Topliss-reactive ketones (excluding diaryl/α,β-unsaturated/α-hetero) is 1. The Kier molecular flexibility index (Phi) is 5.64. The topological polar surface area (TPSA) is 26.3 Å². The van der Waals surface area contributed by atoms with Crippen LogP contribution in [0.4, 0.5) is 0 Å². The van der Waals surface area contributed by atoms with Gasteiger partial charge < -0.3 is 4.74 Å². The number of methoxy groups -OCH3 is 1. The Balaban J connectivity index is 2.54. The number of rotatable bonds is 5. The Morgan fingerprint density at radius 3 is 2.47 bits per heavy atom. The van der Waals surface area contributed by atoms with E-state index >= 15 is 0 Å². The van der Waals surface area contributed by atoms with Gasteiger partial charge in [0.05, 0.1) is 0 Å². The summed E-state index contributed by atoms with van der Waals surface area (Å²) in [4.78, 5) is 12.3. The molecule has 100 valence electrons. The van der Waals surface area contributed by atoms with Crippen LogP contribution in [0.2, 0.25) is 0 Å². The lowest BCUT2D eigenvalue weighted by Crippen LogP contribution is -2.30. The van der Waals surface area contributed by atoms with Gasteiger partial charge in [0.1, 0.15) is 5.78 Å². The van der Waals surface area contributed by atoms with Gasteiger partial charge in [-0.25, -0.2) is 0 Å². The Morgan fingerprint density at radius 2 is 1.88 bits per heavy atom. The van der Waals surface area contributed by atoms with Gasteiger partial charge in [-0.1, -0.05) is 33.6 Å². The average Bonchev–Trinajstić information content (AvgIpc) is 2.24. The number of ketones is 1. The molecule has 0 N–H and O–H groups in total. The van der Waals surface area contributed by atoms with Crippen LogP contribution in [-0.2, 0) is 9.53 Å². The third kappa shape index (κ3) is 5.20. The van der Waals surface area contributed by atoms with Gasteiger partial charge in [-0.05, 0) is 30.6 Å². The molecule has 0 radical (unpaired) electrons. The van der Waals surface area contributed by atoms with Crippen LogP contribution in [0.1, 0.15) is 59.3 Å². The van der Waals surface area contributed by atoms with Gasteiger partial charge in [-0.3, -0.25) is 4.79 Å². The molecule has 0 aliphatic heterocycles. The van der Waals surface area contributed by atoms with E-state index in [-0.39, 0.29) is 5.41 Å². The normalized spacial score (nSPS) is 25.9. The molecule has 0 aromatic carbocycles. The van der Waals surface area contributed by atoms with E-state index in [1.807, 2.05) is 0 Å². The fraction of sp³-hybridized carbons (Fsp3) is 0.933. The molecule has 0 saturated heterocycles. The molecule has 17 heavy (non-hydrogen) atoms. The van der Waals surface area contributed by atoms with E-state index in [9.17, 15) is 4.79 Å². The summed E-state index contributed by atoms with van der Waals surface area (Å²) >= 11 is 0. The van der Waals surface area contributed by atoms with Gasteiger partial charge in [0.25, 0.3) is 0 Å². The van der Waals surface area contributed by atoms with Gasteiger partial charge in [0, 0.05) is 26.1 Å². The highest BCUT2D eigenvalue weighted by molar-refractivity contribution is 5.81. The lowest BCUT2D eigenvalue weighted by molar-refractivity contribution is -0.127. The second kappa shape index (κ2) is 6.53. The van der Waals surface area contributed by atoms with Crippen LogP contribution < -0.4 is 0 Å². The molecule has 0 aromatic rings. The SMILES string of the molecule is COCCC1CCCCC1C(=O)CC(C)(C)C. The lowest BCUT2D eigenvalue weighted by atomic mass is 9.72. The van der Waals surface area contributed by atoms with Crippen molar-refractivity contribution in [2.75, 3.05) is 13.7 Å². The third-order valence-corrected chi connectivity index (χ3v) is 3.72. The quantitative estimate of drug-likeness (QED) is 0.730. The van der Waals surface area contributed by atoms with Crippen molar-refractivity contribution in [3.05, 3.63) is 0 Å². The molecule has 1 aliphatic rings. The van der Waals surface area contributed by atoms with Gasteiger partial charge >= 0.3 is 0 Å². The van der Waals surface area contributed by atoms with E-state index < -0.39 is 0 Å². The standard InChI is InChI=1S/C15H28O2/c1-15(2,3)11-14(16)13-8-6-5-7-12(13)9-10-17-4/h12-13H,5-11H2,1-4H3. The number of ether oxygens (including phenoxy) is 1. The maximum absolute atomic E-state index is 12.3. The minimum Gasteiger partial charge on any atom is -0.385 e. The largest absolute Gasteiger partial charge is 0.385 e. The van der Waals surface area contributed by atoms with Crippen molar-refractivity contribution in [1.29, 1.82) is 0 Å². The highest BCUT2D eigenvalue weighted by Gasteiger charge is 2.32. The Bertz CT molecular complexity index is 240. The minimum absolute atomic E-state index is 0.125. The number of hydrogen-bond donors (Lipinski definition) is 0. The molecule has 0 spiro atoms. The smallest absolute Gasteiger partial charge is 0.136 e. The summed E-state index contributed by atoms with van der Waals surface area (Å²) in [6.45, 7) is 7.25. The molecule has 1 saturated carbocycles. The molecular weight excluding hydrogens is 212 g/mol. The maximum Gasteiger partial charge on any atom is 0.136 e. The molecule has 2 nitrogen and oxygen atoms in total. The molecule has 0 aromatic heterocycles. The highest BCUT2D eigenvalue weighted by Crippen LogP contribution is 2.35. The van der Waals surface area contributed by atoms with Crippen LogP contribution in [0.5, 0.6) is 0 Å². The van der Waals surface area contributed by atoms with E-state index in [0.29, 0.717) is 17.6 Å². The highest BCUT2D eigenvalue weighted by atomic mass is 16.5. The fourth-order valence-corrected chi connectivity index (χ4v) is 2.90. The molecule has 2 heteroatoms. The number of carbonyl (C=O) groups is 1. The molecule has 2 unspecified atom stereocenters. The molecule has 2 atom stereocenters. The predicted octanol–water partition coefficient (Wildman–Crippen LogP) is 3.83. The molecule has 1 aliphatic carbocycles. The van der Waals surface area contributed by atoms with Crippen LogP contribution >= 0.6 is 0 Å². The molecule has 1 rings (SSSR count). The van der Waals surface area contributed by atoms with Crippen LogP contribution in [-0.4, -0.2) is 19.5 Å². The Hall–Kier alpha value is -0.370. The second-order valence-corrected chi connectivity index (χ2v) is 6.64. The van der Waals surface area contributed by atoms with Gasteiger partial charge in [-0.15, -0.1) is 0 Å². The summed E-state index contributed by atoms with van der Waals surface area (Å²) in [5, 5.41) is 0. The molecular formula is C15H28O2. The Morgan fingerprint density at radius 1 is 1.24 bits per heavy atom. The first kappa shape index (κ1) is 14.7. The molecule has 1 fully saturated rings. The van der Waals surface area contributed by atoms with Crippen molar-refractivity contribution in [3.8, 4) is 0 Å². The first-order chi connectivity index (χ1) is 7.94. The van der Waals surface area contributed by atoms with Crippen molar-refractivity contribution in [3.63, 3.8) is 0 Å². The first-order valence-electron chi connectivity index (χ1n) is 6.95. The van der Waals surface area contributed by atoms with Crippen LogP contribution in [0.15, 0.2) is 0 Å². The fourth-order valence-electron chi connectivity index (χ4n) is 2.90. The van der Waals surface area contributed by atoms with E-state index in [4.69, 9.17) is 4.74 Å². The summed E-state index contributed by atoms with van der Waals surface area (Å²) < 4.78 is 5.16. The molecule has 0 heterocycles. The van der Waals surface area contributed by atoms with E-state index in [0.717, 1.165) is 25.9 Å². The zero-order valence-corrected chi connectivity index (χ0v) is 11.9. The van der Waals surface area contributed by atoms with Gasteiger partial charge in [-0.2, -0.15) is 0 Å². The van der Waals surface area contributed by atoms with Crippen LogP contribution in [0.25, 0.3) is 0 Å². The number of carbonyl (C=O) groups excluding carboxylic acids is 1. The summed E-state index contributed by atoms with van der Waals surface area (Å²) in [6, 6.07) is 0. The van der Waals surface area contributed by atoms with E-state index in [2.05, 4.69) is 20.8 Å². The summed E-state index contributed by atoms with van der Waals surface area (Å²) in [6.07, 6.45) is 6.60. The minimum atomic E-state index is 0.125. The third-order valence-electron chi connectivity index (χ3n) is 3.72. The monoisotopic (exact) mass is 240 g/mol. The van der Waals surface area contributed by atoms with Gasteiger partial charge in [0.2, 0.25) is 0 Å². The second-order valence-electron chi connectivity index (χ2n) is 6.64. The Labute approximate surface area is 106 Å². The predicted molar refractivity (Wildman–Crippen MR) is 71.0 cm³/mol. The molecule has 0 amide bonds. The first-order valence-corrected chi connectivity index (χ1v) is 6.95. The zero-order valence-electron chi connectivity index (χ0n) is 11.9. The van der Waals surface area contributed by atoms with Crippen molar-refractivity contribution < 1.29 is 9.53 Å². The summed E-state index contributed by atoms with van der Waals surface area (Å²) in [5.74, 6) is 1.36. The van der Waals surface area contributed by atoms with Crippen molar-refractivity contribution >= 4 is 5.78 Å². The van der Waals surface area contributed by atoms with Crippen molar-refractivity contribution in [2.45, 2.75) is 59.3 Å². The van der Waals surface area contributed by atoms with Crippen LogP contribution in [0, 0.1) is 17.3 Å². The van der Waals surface area contributed by atoms with E-state index in [1.54, 1.807) is 7.11 Å². The van der Waals surface area contributed by atoms with Crippen LogP contribution in [0.3, 0.4) is 0 Å². The molecule has 0 bridgehead atoms. The van der Waals surface area contributed by atoms with Crippen molar-refractivity contribution in [2.24, 2.45) is 17.3 Å². The summed E-state index contributed by atoms with van der Waals surface area (Å²) in [5.41, 5.74) is 0.125. The number of hydrogen-bond acceptors (Lipinski definition) is 2. The lowest BCUT2D eigenvalue weighted by Gasteiger charge is -2.32. The summed E-state index contributed by atoms with van der Waals surface area (Å²) in [7, 11) is 1.74.